The van der Waals surface area contributed by atoms with Crippen LogP contribution in [0.3, 0.4) is 0 Å². The van der Waals surface area contributed by atoms with Crippen LogP contribution in [-0.4, -0.2) is 198 Å². The summed E-state index contributed by atoms with van der Waals surface area (Å²) >= 11 is 0. The number of halogens is 4. The van der Waals surface area contributed by atoms with E-state index in [4.69, 9.17) is 27.7 Å². The molecule has 4 aromatic carbocycles. The number of nitrogens with one attached hydrogen (secondary N) is 5. The molecule has 1 aliphatic carbocycles. The van der Waals surface area contributed by atoms with Gasteiger partial charge in [0.2, 0.25) is 5.91 Å². The lowest BCUT2D eigenvalue weighted by atomic mass is 9.93. The van der Waals surface area contributed by atoms with Gasteiger partial charge in [0, 0.05) is 141 Å². The predicted molar refractivity (Wildman–Crippen MR) is 424 cm³/mol. The number of anilines is 4. The van der Waals surface area contributed by atoms with Crippen LogP contribution in [0.5, 0.6) is 0 Å². The lowest BCUT2D eigenvalue weighted by Crippen LogP contribution is -2.64. The quantitative estimate of drug-likeness (QED) is 0.0515. The molecule has 5 fully saturated rings. The molecule has 115 heavy (non-hydrogen) atoms. The van der Waals surface area contributed by atoms with Crippen molar-refractivity contribution in [3.8, 4) is 45.0 Å². The number of urea groups is 2. The van der Waals surface area contributed by atoms with Gasteiger partial charge in [0.25, 0.3) is 23.6 Å². The maximum absolute atomic E-state index is 13.6. The number of carbonyl (C=O) groups is 7. The van der Waals surface area contributed by atoms with Crippen molar-refractivity contribution in [1.82, 2.24) is 86.1 Å². The van der Waals surface area contributed by atoms with Gasteiger partial charge in [-0.2, -0.15) is 0 Å². The van der Waals surface area contributed by atoms with E-state index in [1.807, 2.05) is 0 Å². The monoisotopic (exact) mass is 1560 g/mol. The summed E-state index contributed by atoms with van der Waals surface area (Å²) in [6, 6.07) is 38.0. The van der Waals surface area contributed by atoms with Crippen LogP contribution in [0.1, 0.15) is 67.6 Å². The number of morpholine rings is 1. The fourth-order valence-corrected chi connectivity index (χ4v) is 13.5. The Hall–Kier alpha value is -14.1. The fourth-order valence-electron chi connectivity index (χ4n) is 13.5. The molecule has 13 N–H and O–H groups in total. The summed E-state index contributed by atoms with van der Waals surface area (Å²) in [6.07, 6.45) is 8.89. The first-order chi connectivity index (χ1) is 55.5. The molecule has 0 bridgehead atoms. The van der Waals surface area contributed by atoms with Gasteiger partial charge < -0.3 is 73.9 Å². The summed E-state index contributed by atoms with van der Waals surface area (Å²) in [5, 5.41) is 16.6. The molecule has 12 heterocycles. The van der Waals surface area contributed by atoms with Gasteiger partial charge in [-0.3, -0.25) is 24.0 Å². The summed E-state index contributed by atoms with van der Waals surface area (Å²) < 4.78 is 59.4. The van der Waals surface area contributed by atoms with Gasteiger partial charge in [-0.25, -0.2) is 67.0 Å². The van der Waals surface area contributed by atoms with Crippen molar-refractivity contribution in [1.29, 1.82) is 0 Å². The van der Waals surface area contributed by atoms with Crippen molar-refractivity contribution in [3.63, 3.8) is 0 Å². The zero-order valence-corrected chi connectivity index (χ0v) is 62.1. The molecule has 1 saturated carbocycles. The first kappa shape index (κ1) is 77.6. The number of carbonyl (C=O) groups excluding carboxylic acids is 7. The molecule has 5 aliphatic rings. The maximum Gasteiger partial charge on any atom is 0.320 e. The Morgan fingerprint density at radius 1 is 0.391 bits per heavy atom. The molecular formula is C82H77F4N21O8. The van der Waals surface area contributed by atoms with E-state index in [1.165, 1.54) is 80.2 Å². The Bertz CT molecular complexity index is 5800. The summed E-state index contributed by atoms with van der Waals surface area (Å²) in [7, 11) is 1.56. The first-order valence-electron chi connectivity index (χ1n) is 36.8. The van der Waals surface area contributed by atoms with Crippen molar-refractivity contribution in [2.45, 2.75) is 50.4 Å². The molecular weight excluding hydrogens is 1480 g/mol. The minimum absolute atomic E-state index is 0.0146. The SMILES string of the molecule is CC(=O)N1CC(NC(=O)c2cnc(N)c3nc(-c4cccc(F)c4)ccc23)C1.CNC(=O)N1CC(NC(=O)c2cnc(N)c3nc(-c4cccc(F)c4)ccc23)C1.Nc1ncc(C(=O)NC2CCC2)c2ccc(-c3cccc(F)c3)nc12.Nc1ncc(C(=O)NC2CN(C(=O)N3CCOCC3)C2)c2ccc(-c3cccc(F)c3)nc12. The Morgan fingerprint density at radius 3 is 0.965 bits per heavy atom. The second kappa shape index (κ2) is 33.8. The van der Waals surface area contributed by atoms with Crippen LogP contribution in [0.15, 0.2) is 170 Å². The van der Waals surface area contributed by atoms with Crippen LogP contribution in [-0.2, 0) is 9.53 Å². The molecule has 586 valence electrons. The molecule has 0 spiro atoms. The number of benzene rings is 4. The van der Waals surface area contributed by atoms with E-state index >= 15 is 0 Å². The van der Waals surface area contributed by atoms with Gasteiger partial charge in [-0.05, 0) is 116 Å². The Labute approximate surface area is 654 Å². The zero-order valence-electron chi connectivity index (χ0n) is 62.1. The zero-order chi connectivity index (χ0) is 80.7. The normalized spacial score (nSPS) is 14.7. The molecule has 0 radical (unpaired) electrons. The Kier molecular flexibility index (Phi) is 22.8. The molecule has 17 rings (SSSR count). The van der Waals surface area contributed by atoms with Crippen molar-refractivity contribution in [2.75, 3.05) is 95.6 Å². The number of nitrogens with zero attached hydrogens (tertiary/aromatic N) is 12. The highest BCUT2D eigenvalue weighted by atomic mass is 19.1. The summed E-state index contributed by atoms with van der Waals surface area (Å²) in [6.45, 7) is 6.51. The van der Waals surface area contributed by atoms with Gasteiger partial charge >= 0.3 is 12.1 Å². The van der Waals surface area contributed by atoms with E-state index in [0.29, 0.717) is 176 Å². The lowest BCUT2D eigenvalue weighted by molar-refractivity contribution is -0.133. The number of likely N-dealkylation sites (tertiary alicyclic amines) is 3. The molecule has 4 saturated heterocycles. The third-order valence-electron chi connectivity index (χ3n) is 20.1. The highest BCUT2D eigenvalue weighted by Crippen LogP contribution is 2.33. The molecule has 29 nitrogen and oxygen atoms in total. The van der Waals surface area contributed by atoms with E-state index in [1.54, 1.807) is 124 Å². The van der Waals surface area contributed by atoms with Crippen LogP contribution in [0.4, 0.5) is 50.4 Å². The van der Waals surface area contributed by atoms with Crippen molar-refractivity contribution < 1.29 is 55.9 Å². The average Bonchev–Trinajstić information content (AvgIpc) is 0.807. The first-order valence-corrected chi connectivity index (χ1v) is 36.8. The predicted octanol–water partition coefficient (Wildman–Crippen LogP) is 8.93. The van der Waals surface area contributed by atoms with E-state index < -0.39 is 0 Å². The highest BCUT2D eigenvalue weighted by Gasteiger charge is 2.37. The van der Waals surface area contributed by atoms with Crippen LogP contribution in [0.25, 0.3) is 88.6 Å². The van der Waals surface area contributed by atoms with E-state index in [-0.39, 0.29) is 112 Å². The number of ether oxygens (including phenoxy) is 1. The number of pyridine rings is 8. The topological polar surface area (TPSA) is 409 Å². The van der Waals surface area contributed by atoms with Crippen molar-refractivity contribution >= 4 is 108 Å². The number of fused-ring (bicyclic) bond motifs is 4. The second-order valence-corrected chi connectivity index (χ2v) is 27.9. The average molecular weight is 1560 g/mol. The van der Waals surface area contributed by atoms with Crippen molar-refractivity contribution in [2.24, 2.45) is 0 Å². The molecule has 9 amide bonds. The van der Waals surface area contributed by atoms with Gasteiger partial charge in [0.15, 0.2) is 0 Å². The maximum atomic E-state index is 13.6. The Balaban J connectivity index is 0.000000127. The lowest BCUT2D eigenvalue weighted by Gasteiger charge is -2.42. The van der Waals surface area contributed by atoms with Gasteiger partial charge in [-0.1, -0.05) is 48.5 Å². The number of rotatable bonds is 12. The third kappa shape index (κ3) is 17.5. The minimum Gasteiger partial charge on any atom is -0.382 e. The van der Waals surface area contributed by atoms with Crippen LogP contribution in [0.2, 0.25) is 0 Å². The van der Waals surface area contributed by atoms with Crippen molar-refractivity contribution in [3.05, 3.63) is 216 Å². The molecule has 12 aromatic rings. The Morgan fingerprint density at radius 2 is 0.687 bits per heavy atom. The number of hydrogen-bond donors (Lipinski definition) is 9. The standard InChI is InChI=1S/C23H23FN6O3.C20H19FN6O2.C20H18FN5O2.C19H17FN4O/c24-15-3-1-2-14(10-15)19-5-4-17-18(11-26-21(25)20(17)28-19)22(31)27-16-12-30(13-16)23(32)29-6-8-33-9-7-29;1-23-20(29)27-9-13(10-27)25-19(28)15-8-24-18(22)17-14(15)5-6-16(26-17)11-3-2-4-12(21)7-11;1-11(27)26-9-14(10-26)24-20(28)16-8-23-19(22)18-15(16)5-6-17(25-18)12-3-2-4-13(21)7-12;20-12-4-1-3-11(9-12)16-8-7-14-15(10-22-18(21)17(14)24-16)19(25)23-13-5-2-6-13/h1-5,10-11,16H,6-9,12-13H2,(H2,25,26)(H,27,31);2-8,13H,9-10H2,1H3,(H2,22,24)(H,23,29)(H,25,28);2-8,14H,9-10H2,1H3,(H2,22,23)(H,24,28);1,3-4,7-10,13H,2,5-6H2,(H2,21,22)(H,23,25). The second-order valence-electron chi connectivity index (χ2n) is 27.9. The number of amides is 9. The van der Waals surface area contributed by atoms with E-state index in [9.17, 15) is 51.1 Å². The fraction of sp³-hybridized carbons (Fsp3) is 0.232. The van der Waals surface area contributed by atoms with Crippen LogP contribution >= 0.6 is 0 Å². The van der Waals surface area contributed by atoms with Gasteiger partial charge in [-0.15, -0.1) is 0 Å². The van der Waals surface area contributed by atoms with Crippen LogP contribution in [0, 0.1) is 23.3 Å². The number of nitrogens with two attached hydrogens (primary N) is 4. The number of aromatic nitrogens is 8. The third-order valence-corrected chi connectivity index (χ3v) is 20.1. The largest absolute Gasteiger partial charge is 0.382 e. The molecule has 8 aromatic heterocycles. The number of nitrogen functional groups attached to an aromatic ring is 4. The van der Waals surface area contributed by atoms with Gasteiger partial charge in [0.05, 0.1) is 76.4 Å². The van der Waals surface area contributed by atoms with E-state index in [0.717, 1.165) is 19.3 Å². The number of hydrogen-bond acceptors (Lipinski definition) is 20. The summed E-state index contributed by atoms with van der Waals surface area (Å²) in [5.41, 5.74) is 31.6. The van der Waals surface area contributed by atoms with Gasteiger partial charge in [0.1, 0.15) is 68.6 Å². The summed E-state index contributed by atoms with van der Waals surface area (Å²) in [5.74, 6) is -1.73. The minimum atomic E-state index is -0.366. The molecule has 0 atom stereocenters. The van der Waals surface area contributed by atoms with Crippen LogP contribution < -0.4 is 49.5 Å². The molecule has 0 unspecified atom stereocenters. The molecule has 4 aliphatic heterocycles. The summed E-state index contributed by atoms with van der Waals surface area (Å²) in [4.78, 5) is 127. The smallest absolute Gasteiger partial charge is 0.320 e. The molecule has 33 heteroatoms. The highest BCUT2D eigenvalue weighted by molar-refractivity contribution is 6.11. The van der Waals surface area contributed by atoms with E-state index in [2.05, 4.69) is 66.5 Å².